The van der Waals surface area contributed by atoms with E-state index in [-0.39, 0.29) is 24.2 Å². The van der Waals surface area contributed by atoms with E-state index in [0.717, 1.165) is 34.9 Å². The predicted molar refractivity (Wildman–Crippen MR) is 128 cm³/mol. The first-order valence-electron chi connectivity index (χ1n) is 10.6. The third-order valence-electron chi connectivity index (χ3n) is 5.29. The smallest absolute Gasteiger partial charge is 0.415 e. The number of aromatic nitrogens is 3. The Bertz CT molecular complexity index is 1230. The predicted octanol–water partition coefficient (Wildman–Crippen LogP) is 5.51. The molecule has 0 radical (unpaired) electrons. The summed E-state index contributed by atoms with van der Waals surface area (Å²) in [5.41, 5.74) is 2.17. The van der Waals surface area contributed by atoms with Crippen molar-refractivity contribution in [3.05, 3.63) is 36.2 Å². The summed E-state index contributed by atoms with van der Waals surface area (Å²) in [6, 6.07) is 5.31. The summed E-state index contributed by atoms with van der Waals surface area (Å²) >= 11 is 0.0347. The SMILES string of the molecule is Cc1cc(N(C)C(=O)OC(C)(C)C)ncc1-c1cn(SF)c2nc(NC(=O)C3CC3)ccc12. The van der Waals surface area contributed by atoms with E-state index in [1.807, 2.05) is 13.0 Å². The van der Waals surface area contributed by atoms with Crippen molar-refractivity contribution in [1.29, 1.82) is 0 Å². The van der Waals surface area contributed by atoms with Crippen molar-refractivity contribution in [2.45, 2.75) is 46.1 Å². The number of hydrogen-bond acceptors (Lipinski definition) is 6. The summed E-state index contributed by atoms with van der Waals surface area (Å²) in [4.78, 5) is 34.7. The van der Waals surface area contributed by atoms with Gasteiger partial charge < -0.3 is 10.1 Å². The van der Waals surface area contributed by atoms with Crippen LogP contribution in [0.5, 0.6) is 0 Å². The first-order chi connectivity index (χ1) is 15.6. The number of halogens is 1. The number of ether oxygens (including phenoxy) is 1. The van der Waals surface area contributed by atoms with Gasteiger partial charge in [0.25, 0.3) is 0 Å². The van der Waals surface area contributed by atoms with Crippen LogP contribution in [0.15, 0.2) is 30.6 Å². The molecule has 33 heavy (non-hydrogen) atoms. The number of amides is 2. The van der Waals surface area contributed by atoms with Crippen LogP contribution in [-0.2, 0) is 9.53 Å². The molecule has 0 unspecified atom stereocenters. The van der Waals surface area contributed by atoms with Gasteiger partial charge in [0.05, 0.1) is 0 Å². The zero-order valence-electron chi connectivity index (χ0n) is 19.2. The highest BCUT2D eigenvalue weighted by Crippen LogP contribution is 2.36. The van der Waals surface area contributed by atoms with E-state index in [9.17, 15) is 13.5 Å². The highest BCUT2D eigenvalue weighted by atomic mass is 32.2. The Morgan fingerprint density at radius 3 is 2.61 bits per heavy atom. The standard InChI is InChI=1S/C23H26FN5O3S/c1-13-10-19(28(5)22(31)32-23(2,3)4)25-11-16(13)17-12-29(33-24)20-15(17)8-9-18(26-20)27-21(30)14-6-7-14/h8-12,14H,6-7H2,1-5H3,(H,26,27,30). The highest BCUT2D eigenvalue weighted by molar-refractivity contribution is 7.92. The van der Waals surface area contributed by atoms with E-state index in [1.165, 1.54) is 8.87 Å². The van der Waals surface area contributed by atoms with Crippen molar-refractivity contribution in [1.82, 2.24) is 13.9 Å². The number of rotatable bonds is 5. The quantitative estimate of drug-likeness (QED) is 0.528. The Morgan fingerprint density at radius 1 is 1.27 bits per heavy atom. The Hall–Kier alpha value is -3.14. The number of hydrogen-bond donors (Lipinski definition) is 1. The minimum atomic E-state index is -0.615. The number of carbonyl (C=O) groups excluding carboxylic acids is 2. The molecule has 3 aromatic rings. The number of nitrogens with one attached hydrogen (secondary N) is 1. The molecule has 0 aromatic carbocycles. The molecule has 8 nitrogen and oxygen atoms in total. The number of carbonyl (C=O) groups is 2. The third-order valence-corrected chi connectivity index (χ3v) is 5.72. The van der Waals surface area contributed by atoms with Crippen LogP contribution in [-0.4, -0.2) is 38.6 Å². The van der Waals surface area contributed by atoms with Crippen LogP contribution in [0.3, 0.4) is 0 Å². The zero-order valence-corrected chi connectivity index (χ0v) is 20.0. The number of aryl methyl sites for hydroxylation is 1. The van der Waals surface area contributed by atoms with Gasteiger partial charge in [0.15, 0.2) is 18.0 Å². The van der Waals surface area contributed by atoms with Gasteiger partial charge in [-0.05, 0) is 64.3 Å². The topological polar surface area (TPSA) is 89.3 Å². The molecular weight excluding hydrogens is 445 g/mol. The molecular formula is C23H26FN5O3S. The van der Waals surface area contributed by atoms with E-state index < -0.39 is 11.7 Å². The Kier molecular flexibility index (Phi) is 6.04. The van der Waals surface area contributed by atoms with Gasteiger partial charge in [-0.1, -0.05) is 0 Å². The molecule has 1 saturated carbocycles. The first-order valence-corrected chi connectivity index (χ1v) is 11.3. The molecule has 0 atom stereocenters. The number of fused-ring (bicyclic) bond motifs is 1. The lowest BCUT2D eigenvalue weighted by molar-refractivity contribution is -0.117. The number of nitrogens with zero attached hydrogens (tertiary/aromatic N) is 4. The minimum Gasteiger partial charge on any atom is -0.443 e. The van der Waals surface area contributed by atoms with Crippen LogP contribution in [0.1, 0.15) is 39.2 Å². The fraction of sp³-hybridized carbons (Fsp3) is 0.391. The van der Waals surface area contributed by atoms with Gasteiger partial charge in [0.1, 0.15) is 17.2 Å². The molecule has 4 rings (SSSR count). The summed E-state index contributed by atoms with van der Waals surface area (Å²) in [6.07, 6.45) is 4.57. The maximum absolute atomic E-state index is 13.7. The summed E-state index contributed by atoms with van der Waals surface area (Å²) < 4.78 is 20.4. The van der Waals surface area contributed by atoms with Crippen molar-refractivity contribution in [2.75, 3.05) is 17.3 Å². The van der Waals surface area contributed by atoms with E-state index in [0.29, 0.717) is 17.3 Å². The zero-order chi connectivity index (χ0) is 23.9. The summed E-state index contributed by atoms with van der Waals surface area (Å²) in [5, 5.41) is 3.52. The van der Waals surface area contributed by atoms with Crippen LogP contribution in [0.25, 0.3) is 22.2 Å². The monoisotopic (exact) mass is 471 g/mol. The van der Waals surface area contributed by atoms with Crippen LogP contribution >= 0.6 is 12.3 Å². The Labute approximate surface area is 196 Å². The molecule has 0 saturated heterocycles. The second-order valence-electron chi connectivity index (χ2n) is 9.17. The number of anilines is 2. The summed E-state index contributed by atoms with van der Waals surface area (Å²) in [7, 11) is 1.60. The van der Waals surface area contributed by atoms with Crippen molar-refractivity contribution in [3.63, 3.8) is 0 Å². The summed E-state index contributed by atoms with van der Waals surface area (Å²) in [5.74, 6) is 0.824. The molecule has 0 spiro atoms. The average molecular weight is 472 g/mol. The van der Waals surface area contributed by atoms with Crippen LogP contribution in [0.2, 0.25) is 0 Å². The second-order valence-corrected chi connectivity index (χ2v) is 9.70. The van der Waals surface area contributed by atoms with E-state index in [4.69, 9.17) is 4.74 Å². The molecule has 1 aliphatic rings. The average Bonchev–Trinajstić information content (AvgIpc) is 3.54. The molecule has 174 valence electrons. The minimum absolute atomic E-state index is 0.0347. The van der Waals surface area contributed by atoms with E-state index in [2.05, 4.69) is 15.3 Å². The summed E-state index contributed by atoms with van der Waals surface area (Å²) in [6.45, 7) is 7.30. The maximum atomic E-state index is 13.7. The van der Waals surface area contributed by atoms with E-state index in [1.54, 1.807) is 52.3 Å². The van der Waals surface area contributed by atoms with E-state index >= 15 is 0 Å². The fourth-order valence-corrected chi connectivity index (χ4v) is 3.77. The largest absolute Gasteiger partial charge is 0.443 e. The van der Waals surface area contributed by atoms with Crippen molar-refractivity contribution >= 4 is 47.0 Å². The first kappa shape index (κ1) is 23.0. The lowest BCUT2D eigenvalue weighted by Gasteiger charge is -2.24. The maximum Gasteiger partial charge on any atom is 0.415 e. The van der Waals surface area contributed by atoms with Crippen LogP contribution in [0, 0.1) is 12.8 Å². The number of pyridine rings is 2. The van der Waals surface area contributed by atoms with Crippen molar-refractivity contribution < 1.29 is 18.2 Å². The fourth-order valence-electron chi connectivity index (χ4n) is 3.42. The van der Waals surface area contributed by atoms with Crippen molar-refractivity contribution in [3.8, 4) is 11.1 Å². The van der Waals surface area contributed by atoms with Gasteiger partial charge in [0, 0.05) is 41.9 Å². The Morgan fingerprint density at radius 2 is 2.00 bits per heavy atom. The lowest BCUT2D eigenvalue weighted by Crippen LogP contribution is -2.34. The second kappa shape index (κ2) is 8.66. The van der Waals surface area contributed by atoms with Crippen LogP contribution in [0.4, 0.5) is 20.3 Å². The molecule has 1 N–H and O–H groups in total. The highest BCUT2D eigenvalue weighted by Gasteiger charge is 2.30. The van der Waals surface area contributed by atoms with Gasteiger partial charge in [-0.25, -0.2) is 18.7 Å². The third kappa shape index (κ3) is 4.95. The normalized spacial score (nSPS) is 13.8. The van der Waals surface area contributed by atoms with Gasteiger partial charge in [-0.3, -0.25) is 9.69 Å². The molecule has 0 aliphatic heterocycles. The molecule has 2 amide bonds. The molecule has 1 aliphatic carbocycles. The molecule has 3 aromatic heterocycles. The van der Waals surface area contributed by atoms with Gasteiger partial charge >= 0.3 is 6.09 Å². The molecule has 0 bridgehead atoms. The molecule has 1 fully saturated rings. The van der Waals surface area contributed by atoms with Gasteiger partial charge in [-0.2, -0.15) is 0 Å². The van der Waals surface area contributed by atoms with Gasteiger partial charge in [0.2, 0.25) is 5.91 Å². The van der Waals surface area contributed by atoms with Crippen LogP contribution < -0.4 is 10.2 Å². The molecule has 10 heteroatoms. The van der Waals surface area contributed by atoms with Gasteiger partial charge in [-0.15, -0.1) is 3.89 Å². The Balaban J connectivity index is 1.65. The molecule has 3 heterocycles. The lowest BCUT2D eigenvalue weighted by atomic mass is 10.0. The van der Waals surface area contributed by atoms with Crippen molar-refractivity contribution in [2.24, 2.45) is 5.92 Å².